The standard InChI is InChI=1S/C99H124S2/c1-25-27-29-31-33-69-64(23)71-41-67-42-72-66(35-36-68-45(4)38-47(6)76-46(5)37-44(3)49(8)80(68)76)40-73-86-74-39-48(7)77-83(60(19)57(16)78-55(14)53(12)54(13)70(87(77)78)34-32-30-28-26-2)98(74)101-99(86)84-61(20)58(17)79-56(15)59(18)82-91-75(43-100-97-62(21)51(10)50(9)52(11)63(97)22)81(65(69)24)88(71)95(91)85(67)96-89(72)90(73)94(84)92(79)93(82)96/h38-42,44,46,49,53-56,58-59,61,64-65,69-70,75,79,81,85,92H,25-37,43H2,1-24H3. The smallest absolute Gasteiger partial charge is 0.0437 e. The summed E-state index contributed by atoms with van der Waals surface area (Å²) in [5.74, 6) is 11.5. The SMILES string of the molecule is CCCCCCC1c2c(c(C)c(C)c3c2c(C)cc2c3sc3c4c5c6c7c(c(CCc8c(C)cc(C)c9c8C(C)C(C)CC9C)cc6c32)=CC2=CC3=C6C8=C(C9=C(C=7C28)C5C(C(C)C9C)C(C)C4C)C(CSc2c(C)c(C)c(C)c(C)c2C)C6C(C)C(CCCCCC)C3C)C(C)C(C)C1C. The Labute approximate surface area is 618 Å². The Morgan fingerprint density at radius 3 is 1.82 bits per heavy atom. The van der Waals surface area contributed by atoms with E-state index in [0.29, 0.717) is 107 Å². The average Bonchev–Trinajstić information content (AvgIpc) is 1.56. The van der Waals surface area contributed by atoms with Crippen molar-refractivity contribution in [1.29, 1.82) is 0 Å². The first kappa shape index (κ1) is 69.2. The van der Waals surface area contributed by atoms with Crippen LogP contribution in [0.5, 0.6) is 0 Å². The van der Waals surface area contributed by atoms with Gasteiger partial charge >= 0.3 is 0 Å². The van der Waals surface area contributed by atoms with E-state index in [4.69, 9.17) is 0 Å². The topological polar surface area (TPSA) is 0 Å². The maximum atomic E-state index is 2.93. The van der Waals surface area contributed by atoms with Crippen LogP contribution < -0.4 is 10.4 Å². The van der Waals surface area contributed by atoms with Gasteiger partial charge in [0.05, 0.1) is 0 Å². The summed E-state index contributed by atoms with van der Waals surface area (Å²) >= 11 is 4.54. The first-order valence-corrected chi connectivity index (χ1v) is 43.6. The molecule has 0 spiro atoms. The third-order valence-corrected chi connectivity index (χ3v) is 35.4. The lowest BCUT2D eigenvalue weighted by molar-refractivity contribution is 0.141. The predicted molar refractivity (Wildman–Crippen MR) is 441 cm³/mol. The van der Waals surface area contributed by atoms with Crippen molar-refractivity contribution in [3.8, 4) is 0 Å². The number of hydrogen-bond acceptors (Lipinski definition) is 2. The summed E-state index contributed by atoms with van der Waals surface area (Å²) in [6.45, 7) is 61.6. The number of hydrogen-bond donors (Lipinski definition) is 0. The number of thiophene rings is 1. The van der Waals surface area contributed by atoms with Crippen LogP contribution in [0.4, 0.5) is 0 Å². The maximum Gasteiger partial charge on any atom is 0.0437 e. The van der Waals surface area contributed by atoms with Crippen molar-refractivity contribution >= 4 is 76.5 Å². The van der Waals surface area contributed by atoms with E-state index in [1.165, 1.54) is 115 Å². The lowest BCUT2D eigenvalue weighted by Crippen LogP contribution is -2.50. The molecule has 7 aromatic rings. The van der Waals surface area contributed by atoms with Crippen molar-refractivity contribution in [3.63, 3.8) is 0 Å². The summed E-state index contributed by atoms with van der Waals surface area (Å²) in [7, 11) is 0. The van der Waals surface area contributed by atoms with Gasteiger partial charge in [0.1, 0.15) is 0 Å². The van der Waals surface area contributed by atoms with Crippen molar-refractivity contribution in [2.45, 2.75) is 290 Å². The molecule has 0 aliphatic heterocycles. The zero-order valence-electron chi connectivity index (χ0n) is 67.1. The second-order valence-corrected chi connectivity index (χ2v) is 39.1. The first-order valence-electron chi connectivity index (χ1n) is 41.8. The van der Waals surface area contributed by atoms with Crippen LogP contribution >= 0.6 is 23.1 Å². The average molecular weight is 1380 g/mol. The predicted octanol–water partition coefficient (Wildman–Crippen LogP) is 27.0. The summed E-state index contributed by atoms with van der Waals surface area (Å²) in [6.07, 6.45) is 22.6. The second kappa shape index (κ2) is 24.9. The Balaban J connectivity index is 0.994. The lowest BCUT2D eigenvalue weighted by Gasteiger charge is -2.56. The number of benzene rings is 6. The summed E-state index contributed by atoms with van der Waals surface area (Å²) in [5, 5.41) is 13.0. The Morgan fingerprint density at radius 1 is 0.446 bits per heavy atom. The fourth-order valence-electron chi connectivity index (χ4n) is 26.4. The minimum Gasteiger partial charge on any atom is -0.134 e. The van der Waals surface area contributed by atoms with Gasteiger partial charge in [-0.25, -0.2) is 0 Å². The molecule has 0 amide bonds. The molecular weight excluding hydrogens is 1250 g/mol. The quantitative estimate of drug-likeness (QED) is 0.0686. The molecule has 101 heavy (non-hydrogen) atoms. The normalized spacial score (nSPS) is 31.6. The number of rotatable bonds is 16. The van der Waals surface area contributed by atoms with E-state index < -0.39 is 0 Å². The van der Waals surface area contributed by atoms with Gasteiger partial charge in [-0.15, -0.1) is 23.1 Å². The molecule has 0 saturated heterocycles. The van der Waals surface area contributed by atoms with Gasteiger partial charge in [-0.3, -0.25) is 0 Å². The van der Waals surface area contributed by atoms with Crippen LogP contribution in [0.1, 0.15) is 303 Å². The van der Waals surface area contributed by atoms with Crippen molar-refractivity contribution in [3.05, 3.63) is 174 Å². The Morgan fingerprint density at radius 2 is 1.12 bits per heavy atom. The molecule has 1 aromatic heterocycles. The highest BCUT2D eigenvalue weighted by Crippen LogP contribution is 2.73. The summed E-state index contributed by atoms with van der Waals surface area (Å²) in [6, 6.07) is 8.33. The highest BCUT2D eigenvalue weighted by Gasteiger charge is 2.61. The van der Waals surface area contributed by atoms with Crippen LogP contribution in [0.25, 0.3) is 53.4 Å². The number of thioether (sulfide) groups is 1. The van der Waals surface area contributed by atoms with Crippen LogP contribution in [0.15, 0.2) is 68.2 Å². The third-order valence-electron chi connectivity index (χ3n) is 32.7. The molecule has 1 heterocycles. The van der Waals surface area contributed by atoms with E-state index in [1.54, 1.807) is 129 Å². The van der Waals surface area contributed by atoms with Crippen molar-refractivity contribution in [2.75, 3.05) is 5.75 Å². The number of aryl methyl sites for hydroxylation is 5. The van der Waals surface area contributed by atoms with Gasteiger partial charge in [-0.1, -0.05) is 160 Å². The largest absolute Gasteiger partial charge is 0.134 e. The van der Waals surface area contributed by atoms with Crippen molar-refractivity contribution in [1.82, 2.24) is 0 Å². The molecule has 0 N–H and O–H groups in total. The molecule has 6 aromatic carbocycles. The number of allylic oxidation sites excluding steroid dienone is 8. The molecule has 19 atom stereocenters. The van der Waals surface area contributed by atoms with Crippen molar-refractivity contribution < 1.29 is 0 Å². The second-order valence-electron chi connectivity index (χ2n) is 37.0. The van der Waals surface area contributed by atoms with E-state index in [2.05, 4.69) is 220 Å². The van der Waals surface area contributed by atoms with Crippen molar-refractivity contribution in [2.24, 2.45) is 76.9 Å². The molecule has 0 bridgehead atoms. The highest BCUT2D eigenvalue weighted by molar-refractivity contribution is 7.99. The minimum atomic E-state index is 0.279. The first-order chi connectivity index (χ1) is 48.3. The minimum absolute atomic E-state index is 0.279. The van der Waals surface area contributed by atoms with Crippen LogP contribution in [0, 0.1) is 146 Å². The zero-order valence-corrected chi connectivity index (χ0v) is 68.7. The Bertz CT molecular complexity index is 5020. The van der Waals surface area contributed by atoms with Gasteiger partial charge in [0.25, 0.3) is 0 Å². The molecule has 17 rings (SSSR count). The molecule has 0 nitrogen and oxygen atoms in total. The highest BCUT2D eigenvalue weighted by atomic mass is 32.2. The van der Waals surface area contributed by atoms with Crippen LogP contribution in [-0.4, -0.2) is 5.75 Å². The molecular formula is C99H124S2. The monoisotopic (exact) mass is 1380 g/mol. The van der Waals surface area contributed by atoms with E-state index in [1.807, 2.05) is 27.9 Å². The van der Waals surface area contributed by atoms with E-state index >= 15 is 0 Å². The van der Waals surface area contributed by atoms with Gasteiger partial charge in [0.2, 0.25) is 0 Å². The zero-order chi connectivity index (χ0) is 71.2. The summed E-state index contributed by atoms with van der Waals surface area (Å²) in [5.41, 5.74) is 43.3. The molecule has 532 valence electrons. The van der Waals surface area contributed by atoms with Crippen LogP contribution in [0.2, 0.25) is 0 Å². The number of fused-ring (bicyclic) bond motifs is 11. The van der Waals surface area contributed by atoms with E-state index in [9.17, 15) is 0 Å². The van der Waals surface area contributed by atoms with E-state index in [0.717, 1.165) is 18.6 Å². The summed E-state index contributed by atoms with van der Waals surface area (Å²) in [4.78, 5) is 1.57. The number of unbranched alkanes of at least 4 members (excludes halogenated alkanes) is 6. The molecule has 10 aliphatic carbocycles. The Hall–Kier alpha value is -4.89. The fraction of sp³-hybridized carbons (Fsp3) is 0.576. The molecule has 0 fully saturated rings. The molecule has 2 heteroatoms. The van der Waals surface area contributed by atoms with Gasteiger partial charge in [0.15, 0.2) is 0 Å². The van der Waals surface area contributed by atoms with Gasteiger partial charge in [-0.05, 0) is 386 Å². The van der Waals surface area contributed by atoms with Gasteiger partial charge in [-0.2, -0.15) is 0 Å². The molecule has 0 radical (unpaired) electrons. The maximum absolute atomic E-state index is 2.93. The molecule has 10 aliphatic rings. The Kier molecular flexibility index (Phi) is 17.0. The van der Waals surface area contributed by atoms with Crippen LogP contribution in [0.3, 0.4) is 0 Å². The van der Waals surface area contributed by atoms with Gasteiger partial charge in [0, 0.05) is 54.0 Å². The summed E-state index contributed by atoms with van der Waals surface area (Å²) < 4.78 is 3.23. The fourth-order valence-corrected chi connectivity index (χ4v) is 29.4. The lowest BCUT2D eigenvalue weighted by atomic mass is 9.47. The van der Waals surface area contributed by atoms with Gasteiger partial charge < -0.3 is 0 Å². The van der Waals surface area contributed by atoms with Crippen LogP contribution in [-0.2, 0) is 12.8 Å². The molecule has 0 saturated carbocycles. The third kappa shape index (κ3) is 9.34. The molecule has 19 unspecified atom stereocenters. The van der Waals surface area contributed by atoms with E-state index in [-0.39, 0.29) is 5.92 Å².